The lowest BCUT2D eigenvalue weighted by Crippen LogP contribution is -2.26. The highest BCUT2D eigenvalue weighted by molar-refractivity contribution is 4.80. The van der Waals surface area contributed by atoms with Crippen molar-refractivity contribution < 1.29 is 0 Å². The van der Waals surface area contributed by atoms with Gasteiger partial charge in [0.05, 0.1) is 0 Å². The lowest BCUT2D eigenvalue weighted by Gasteiger charge is -2.37. The van der Waals surface area contributed by atoms with Gasteiger partial charge in [-0.3, -0.25) is 0 Å². The van der Waals surface area contributed by atoms with Crippen LogP contribution in [0.25, 0.3) is 0 Å². The van der Waals surface area contributed by atoms with E-state index in [4.69, 9.17) is 0 Å². The van der Waals surface area contributed by atoms with Gasteiger partial charge in [0.1, 0.15) is 0 Å². The number of hydrogen-bond acceptors (Lipinski definition) is 0. The zero-order valence-corrected chi connectivity index (χ0v) is 13.8. The molecule has 2 aliphatic rings. The van der Waals surface area contributed by atoms with E-state index in [1.165, 1.54) is 51.4 Å². The normalized spacial score (nSPS) is 23.0. The minimum Gasteiger partial charge on any atom is -0.0599 e. The molecule has 0 heteroatoms. The fourth-order valence-corrected chi connectivity index (χ4v) is 3.24. The Morgan fingerprint density at radius 2 is 0.833 bits per heavy atom. The zero-order valence-electron chi connectivity index (χ0n) is 13.8. The van der Waals surface area contributed by atoms with E-state index in [2.05, 4.69) is 41.5 Å². The van der Waals surface area contributed by atoms with Crippen molar-refractivity contribution in [3.8, 4) is 0 Å². The summed E-state index contributed by atoms with van der Waals surface area (Å²) in [5, 5.41) is 0. The quantitative estimate of drug-likeness (QED) is 0.465. The summed E-state index contributed by atoms with van der Waals surface area (Å²) in [4.78, 5) is 0. The van der Waals surface area contributed by atoms with Gasteiger partial charge in [0, 0.05) is 0 Å². The first-order chi connectivity index (χ1) is 8.21. The molecule has 0 aromatic heterocycles. The number of hydrogen-bond donors (Lipinski definition) is 0. The van der Waals surface area contributed by atoms with Gasteiger partial charge in [0.25, 0.3) is 0 Å². The lowest BCUT2D eigenvalue weighted by molar-refractivity contribution is 0.141. The van der Waals surface area contributed by atoms with Gasteiger partial charge in [-0.05, 0) is 48.3 Å². The molecule has 0 bridgehead atoms. The summed E-state index contributed by atoms with van der Waals surface area (Å²) >= 11 is 0. The molecule has 0 aromatic rings. The second kappa shape index (κ2) is 6.44. The van der Waals surface area contributed by atoms with Gasteiger partial charge in [-0.1, -0.05) is 67.2 Å². The second-order valence-electron chi connectivity index (χ2n) is 8.69. The Balaban J connectivity index is 0.000000184. The molecule has 0 atom stereocenters. The Kier molecular flexibility index (Phi) is 5.74. The van der Waals surface area contributed by atoms with Crippen LogP contribution >= 0.6 is 0 Å². The maximum absolute atomic E-state index is 2.38. The molecule has 0 N–H and O–H groups in total. The molecule has 2 rings (SSSR count). The van der Waals surface area contributed by atoms with Crippen molar-refractivity contribution in [1.29, 1.82) is 0 Å². The highest BCUT2D eigenvalue weighted by Gasteiger charge is 2.29. The van der Waals surface area contributed by atoms with Crippen LogP contribution in [0.2, 0.25) is 0 Å². The smallest absolute Gasteiger partial charge is 0.0354 e. The standard InChI is InChI=1S/C10H20.C8H16/c1-10(2,3)9-7-5-4-6-8-9;1-8(2,3)7-5-4-6-7/h9H,4-8H2,1-3H3;7H,4-6H2,1-3H3. The summed E-state index contributed by atoms with van der Waals surface area (Å²) in [6.07, 6.45) is 11.8. The molecule has 2 saturated carbocycles. The van der Waals surface area contributed by atoms with E-state index >= 15 is 0 Å². The Hall–Kier alpha value is 0. The van der Waals surface area contributed by atoms with Crippen molar-refractivity contribution in [1.82, 2.24) is 0 Å². The fourth-order valence-electron chi connectivity index (χ4n) is 3.24. The van der Waals surface area contributed by atoms with Gasteiger partial charge in [0.15, 0.2) is 0 Å². The molecule has 0 nitrogen and oxygen atoms in total. The van der Waals surface area contributed by atoms with Crippen LogP contribution in [0.15, 0.2) is 0 Å². The van der Waals surface area contributed by atoms with Crippen molar-refractivity contribution in [2.45, 2.75) is 92.9 Å². The van der Waals surface area contributed by atoms with Crippen molar-refractivity contribution in [2.24, 2.45) is 22.7 Å². The van der Waals surface area contributed by atoms with Gasteiger partial charge < -0.3 is 0 Å². The van der Waals surface area contributed by atoms with Crippen LogP contribution in [0.5, 0.6) is 0 Å². The van der Waals surface area contributed by atoms with Crippen molar-refractivity contribution >= 4 is 0 Å². The molecule has 2 fully saturated rings. The van der Waals surface area contributed by atoms with E-state index in [1.54, 1.807) is 0 Å². The molecule has 0 aromatic carbocycles. The molecular weight excluding hydrogens is 216 g/mol. The van der Waals surface area contributed by atoms with E-state index in [1.807, 2.05) is 0 Å². The molecule has 0 saturated heterocycles. The average Bonchev–Trinajstić information content (AvgIpc) is 2.13. The average molecular weight is 252 g/mol. The summed E-state index contributed by atoms with van der Waals surface area (Å²) in [6, 6.07) is 0. The molecular formula is C18H36. The van der Waals surface area contributed by atoms with E-state index in [0.29, 0.717) is 10.8 Å². The molecule has 0 spiro atoms. The maximum Gasteiger partial charge on any atom is -0.0354 e. The van der Waals surface area contributed by atoms with Crippen LogP contribution < -0.4 is 0 Å². The SMILES string of the molecule is CC(C)(C)C1CCC1.CC(C)(C)C1CCCCC1. The molecule has 2 aliphatic carbocycles. The molecule has 0 amide bonds. The van der Waals surface area contributed by atoms with Crippen molar-refractivity contribution in [3.05, 3.63) is 0 Å². The lowest BCUT2D eigenvalue weighted by atomic mass is 9.69. The minimum atomic E-state index is 0.570. The summed E-state index contributed by atoms with van der Waals surface area (Å²) in [5.74, 6) is 2.03. The van der Waals surface area contributed by atoms with E-state index < -0.39 is 0 Å². The van der Waals surface area contributed by atoms with Crippen LogP contribution in [0, 0.1) is 22.7 Å². The van der Waals surface area contributed by atoms with Gasteiger partial charge in [-0.15, -0.1) is 0 Å². The molecule has 18 heavy (non-hydrogen) atoms. The molecule has 0 aliphatic heterocycles. The molecule has 0 heterocycles. The van der Waals surface area contributed by atoms with Crippen LogP contribution in [-0.4, -0.2) is 0 Å². The van der Waals surface area contributed by atoms with Crippen LogP contribution in [-0.2, 0) is 0 Å². The topological polar surface area (TPSA) is 0 Å². The molecule has 0 radical (unpaired) electrons. The molecule has 0 unspecified atom stereocenters. The predicted octanol–water partition coefficient (Wildman–Crippen LogP) is 6.45. The fraction of sp³-hybridized carbons (Fsp3) is 1.00. The Morgan fingerprint density at radius 3 is 1.00 bits per heavy atom. The maximum atomic E-state index is 2.38. The van der Waals surface area contributed by atoms with E-state index in [0.717, 1.165) is 11.8 Å². The summed E-state index contributed by atoms with van der Waals surface area (Å²) in [6.45, 7) is 14.2. The highest BCUT2D eigenvalue weighted by Crippen LogP contribution is 2.40. The monoisotopic (exact) mass is 252 g/mol. The van der Waals surface area contributed by atoms with Crippen molar-refractivity contribution in [2.75, 3.05) is 0 Å². The minimum absolute atomic E-state index is 0.570. The first-order valence-electron chi connectivity index (χ1n) is 8.21. The molecule has 108 valence electrons. The van der Waals surface area contributed by atoms with E-state index in [-0.39, 0.29) is 0 Å². The zero-order chi connectivity index (χ0) is 13.8. The number of rotatable bonds is 0. The van der Waals surface area contributed by atoms with Gasteiger partial charge in [-0.25, -0.2) is 0 Å². The third kappa shape index (κ3) is 5.33. The first-order valence-corrected chi connectivity index (χ1v) is 8.21. The summed E-state index contributed by atoms with van der Waals surface area (Å²) < 4.78 is 0. The highest BCUT2D eigenvalue weighted by atomic mass is 14.3. The summed E-state index contributed by atoms with van der Waals surface area (Å²) in [7, 11) is 0. The Labute approximate surface area is 116 Å². The second-order valence-corrected chi connectivity index (χ2v) is 8.69. The third-order valence-corrected chi connectivity index (χ3v) is 5.16. The van der Waals surface area contributed by atoms with Crippen LogP contribution in [0.3, 0.4) is 0 Å². The van der Waals surface area contributed by atoms with Gasteiger partial charge in [0.2, 0.25) is 0 Å². The van der Waals surface area contributed by atoms with E-state index in [9.17, 15) is 0 Å². The predicted molar refractivity (Wildman–Crippen MR) is 82.8 cm³/mol. The largest absolute Gasteiger partial charge is 0.0599 e. The van der Waals surface area contributed by atoms with Crippen LogP contribution in [0.4, 0.5) is 0 Å². The van der Waals surface area contributed by atoms with Gasteiger partial charge in [-0.2, -0.15) is 0 Å². The summed E-state index contributed by atoms with van der Waals surface area (Å²) in [5.41, 5.74) is 1.17. The van der Waals surface area contributed by atoms with Crippen LogP contribution in [0.1, 0.15) is 92.9 Å². The Bertz CT molecular complexity index is 215. The van der Waals surface area contributed by atoms with Gasteiger partial charge >= 0.3 is 0 Å². The third-order valence-electron chi connectivity index (χ3n) is 5.16. The Morgan fingerprint density at radius 1 is 0.500 bits per heavy atom. The first kappa shape index (κ1) is 16.1. The van der Waals surface area contributed by atoms with Crippen molar-refractivity contribution in [3.63, 3.8) is 0 Å².